The molecule has 0 unspecified atom stereocenters. The molecule has 0 bridgehead atoms. The monoisotopic (exact) mass is 214 g/mol. The first-order valence-electron chi connectivity index (χ1n) is 5.60. The average Bonchev–Trinajstić information content (AvgIpc) is 2.11. The minimum Gasteiger partial charge on any atom is -0.369 e. The molecule has 1 rings (SSSR count). The van der Waals surface area contributed by atoms with Crippen LogP contribution < -0.4 is 5.73 Å². The van der Waals surface area contributed by atoms with Crippen molar-refractivity contribution in [1.82, 2.24) is 4.90 Å². The Labute approximate surface area is 91.8 Å². The summed E-state index contributed by atoms with van der Waals surface area (Å²) >= 11 is 0. The van der Waals surface area contributed by atoms with E-state index in [0.29, 0.717) is 12.0 Å². The molecule has 1 fully saturated rings. The Morgan fingerprint density at radius 2 is 2.13 bits per heavy atom. The third kappa shape index (κ3) is 4.18. The van der Waals surface area contributed by atoms with E-state index in [1.54, 1.807) is 4.90 Å². The van der Waals surface area contributed by atoms with Crippen LogP contribution in [0, 0.1) is 5.92 Å². The summed E-state index contributed by atoms with van der Waals surface area (Å²) in [6, 6.07) is 0.352. The van der Waals surface area contributed by atoms with Crippen molar-refractivity contribution in [3.8, 4) is 0 Å². The lowest BCUT2D eigenvalue weighted by atomic mass is 9.80. The SMILES string of the molecule is CC(C)OCC(=O)N(C)CC1CC(N)C1. The third-order valence-corrected chi connectivity index (χ3v) is 2.77. The second-order valence-electron chi connectivity index (χ2n) is 4.73. The van der Waals surface area contributed by atoms with Gasteiger partial charge in [0.1, 0.15) is 6.61 Å². The Morgan fingerprint density at radius 3 is 2.60 bits per heavy atom. The van der Waals surface area contributed by atoms with Gasteiger partial charge in [-0.05, 0) is 32.6 Å². The number of carbonyl (C=O) groups is 1. The minimum atomic E-state index is 0.0594. The summed E-state index contributed by atoms with van der Waals surface area (Å²) in [5.41, 5.74) is 5.69. The maximum Gasteiger partial charge on any atom is 0.248 e. The van der Waals surface area contributed by atoms with Crippen LogP contribution in [0.15, 0.2) is 0 Å². The summed E-state index contributed by atoms with van der Waals surface area (Å²) in [6.07, 6.45) is 2.20. The molecule has 1 saturated carbocycles. The highest BCUT2D eigenvalue weighted by atomic mass is 16.5. The quantitative estimate of drug-likeness (QED) is 0.729. The lowest BCUT2D eigenvalue weighted by molar-refractivity contribution is -0.137. The molecule has 15 heavy (non-hydrogen) atoms. The van der Waals surface area contributed by atoms with Crippen molar-refractivity contribution < 1.29 is 9.53 Å². The fraction of sp³-hybridized carbons (Fsp3) is 0.909. The lowest BCUT2D eigenvalue weighted by Crippen LogP contribution is -2.44. The molecule has 2 N–H and O–H groups in total. The first kappa shape index (κ1) is 12.5. The number of ether oxygens (including phenoxy) is 1. The molecular weight excluding hydrogens is 192 g/mol. The molecule has 1 amide bonds. The smallest absolute Gasteiger partial charge is 0.248 e. The van der Waals surface area contributed by atoms with Crippen LogP contribution in [0.2, 0.25) is 0 Å². The maximum atomic E-state index is 11.6. The number of rotatable bonds is 5. The van der Waals surface area contributed by atoms with E-state index < -0.39 is 0 Å². The zero-order valence-electron chi connectivity index (χ0n) is 9.90. The van der Waals surface area contributed by atoms with Crippen LogP contribution in [-0.2, 0) is 9.53 Å². The van der Waals surface area contributed by atoms with Crippen LogP contribution in [0.3, 0.4) is 0 Å². The Bertz CT molecular complexity index is 213. The number of nitrogens with zero attached hydrogens (tertiary/aromatic N) is 1. The summed E-state index contributed by atoms with van der Waals surface area (Å²) < 4.78 is 5.26. The number of hydrogen-bond acceptors (Lipinski definition) is 3. The fourth-order valence-electron chi connectivity index (χ4n) is 1.77. The van der Waals surface area contributed by atoms with Crippen molar-refractivity contribution in [2.75, 3.05) is 20.2 Å². The predicted octanol–water partition coefficient (Wildman–Crippen LogP) is 0.607. The van der Waals surface area contributed by atoms with Gasteiger partial charge in [0.05, 0.1) is 6.10 Å². The van der Waals surface area contributed by atoms with Crippen LogP contribution in [-0.4, -0.2) is 43.2 Å². The molecule has 0 aromatic carbocycles. The highest BCUT2D eigenvalue weighted by molar-refractivity contribution is 5.77. The second kappa shape index (κ2) is 5.47. The van der Waals surface area contributed by atoms with E-state index in [2.05, 4.69) is 0 Å². The zero-order chi connectivity index (χ0) is 11.4. The molecule has 1 aliphatic rings. The highest BCUT2D eigenvalue weighted by Gasteiger charge is 2.27. The van der Waals surface area contributed by atoms with Gasteiger partial charge in [-0.1, -0.05) is 0 Å². The van der Waals surface area contributed by atoms with Gasteiger partial charge in [0.2, 0.25) is 5.91 Å². The summed E-state index contributed by atoms with van der Waals surface area (Å²) in [6.45, 7) is 4.86. The van der Waals surface area contributed by atoms with Gasteiger partial charge in [-0.3, -0.25) is 4.79 Å². The molecule has 4 nitrogen and oxygen atoms in total. The van der Waals surface area contributed by atoms with Gasteiger partial charge in [-0.15, -0.1) is 0 Å². The topological polar surface area (TPSA) is 55.6 Å². The highest BCUT2D eigenvalue weighted by Crippen LogP contribution is 2.25. The molecule has 0 heterocycles. The molecule has 0 spiro atoms. The van der Waals surface area contributed by atoms with E-state index in [4.69, 9.17) is 10.5 Å². The summed E-state index contributed by atoms with van der Waals surface area (Å²) in [4.78, 5) is 13.3. The van der Waals surface area contributed by atoms with E-state index in [1.807, 2.05) is 20.9 Å². The maximum absolute atomic E-state index is 11.6. The first-order chi connectivity index (χ1) is 6.99. The Hall–Kier alpha value is -0.610. The van der Waals surface area contributed by atoms with E-state index in [0.717, 1.165) is 19.4 Å². The number of likely N-dealkylation sites (N-methyl/N-ethyl adjacent to an activating group) is 1. The third-order valence-electron chi connectivity index (χ3n) is 2.77. The molecule has 4 heteroatoms. The molecule has 1 aliphatic carbocycles. The standard InChI is InChI=1S/C11H22N2O2/c1-8(2)15-7-11(14)13(3)6-9-4-10(12)5-9/h8-10H,4-7,12H2,1-3H3. The molecule has 0 aliphatic heterocycles. The zero-order valence-corrected chi connectivity index (χ0v) is 9.90. The summed E-state index contributed by atoms with van der Waals surface area (Å²) in [5.74, 6) is 0.650. The van der Waals surface area contributed by atoms with Gasteiger partial charge in [-0.2, -0.15) is 0 Å². The van der Waals surface area contributed by atoms with Crippen LogP contribution in [0.4, 0.5) is 0 Å². The van der Waals surface area contributed by atoms with Crippen molar-refractivity contribution >= 4 is 5.91 Å². The van der Waals surface area contributed by atoms with E-state index >= 15 is 0 Å². The lowest BCUT2D eigenvalue weighted by Gasteiger charge is -2.35. The van der Waals surface area contributed by atoms with Crippen LogP contribution in [0.1, 0.15) is 26.7 Å². The number of hydrogen-bond donors (Lipinski definition) is 1. The molecule has 0 aromatic heterocycles. The Balaban J connectivity index is 2.15. The predicted molar refractivity (Wildman–Crippen MR) is 59.4 cm³/mol. The van der Waals surface area contributed by atoms with Crippen LogP contribution >= 0.6 is 0 Å². The normalized spacial score (nSPS) is 25.1. The molecule has 0 radical (unpaired) electrons. The van der Waals surface area contributed by atoms with E-state index in [1.165, 1.54) is 0 Å². The van der Waals surface area contributed by atoms with Gasteiger partial charge in [0.15, 0.2) is 0 Å². The second-order valence-corrected chi connectivity index (χ2v) is 4.73. The van der Waals surface area contributed by atoms with Gasteiger partial charge in [0.25, 0.3) is 0 Å². The van der Waals surface area contributed by atoms with Gasteiger partial charge < -0.3 is 15.4 Å². The Kier molecular flexibility index (Phi) is 4.54. The van der Waals surface area contributed by atoms with E-state index in [-0.39, 0.29) is 18.6 Å². The number of amides is 1. The Morgan fingerprint density at radius 1 is 1.53 bits per heavy atom. The largest absolute Gasteiger partial charge is 0.369 e. The van der Waals surface area contributed by atoms with Crippen LogP contribution in [0.5, 0.6) is 0 Å². The van der Waals surface area contributed by atoms with Gasteiger partial charge >= 0.3 is 0 Å². The van der Waals surface area contributed by atoms with Crippen molar-refractivity contribution in [3.63, 3.8) is 0 Å². The molecule has 0 saturated heterocycles. The van der Waals surface area contributed by atoms with Crippen LogP contribution in [0.25, 0.3) is 0 Å². The molecule has 0 atom stereocenters. The fourth-order valence-corrected chi connectivity index (χ4v) is 1.77. The summed E-state index contributed by atoms with van der Waals surface area (Å²) in [5, 5.41) is 0. The molecule has 88 valence electrons. The van der Waals surface area contributed by atoms with Gasteiger partial charge in [0, 0.05) is 19.6 Å². The van der Waals surface area contributed by atoms with Crippen molar-refractivity contribution in [2.24, 2.45) is 11.7 Å². The number of carbonyl (C=O) groups excluding carboxylic acids is 1. The molecular formula is C11H22N2O2. The van der Waals surface area contributed by atoms with Crippen molar-refractivity contribution in [2.45, 2.75) is 38.8 Å². The summed E-state index contributed by atoms with van der Waals surface area (Å²) in [7, 11) is 1.83. The van der Waals surface area contributed by atoms with Gasteiger partial charge in [-0.25, -0.2) is 0 Å². The average molecular weight is 214 g/mol. The number of nitrogens with two attached hydrogens (primary N) is 1. The van der Waals surface area contributed by atoms with Crippen molar-refractivity contribution in [1.29, 1.82) is 0 Å². The van der Waals surface area contributed by atoms with E-state index in [9.17, 15) is 4.79 Å². The van der Waals surface area contributed by atoms with Crippen molar-refractivity contribution in [3.05, 3.63) is 0 Å². The first-order valence-corrected chi connectivity index (χ1v) is 5.60. The minimum absolute atomic E-state index is 0.0594. The molecule has 0 aromatic rings.